The van der Waals surface area contributed by atoms with Gasteiger partial charge in [-0.15, -0.1) is 10.2 Å². The van der Waals surface area contributed by atoms with Crippen LogP contribution < -0.4 is 0 Å². The van der Waals surface area contributed by atoms with Crippen LogP contribution in [0.4, 0.5) is 4.39 Å². The second-order valence-electron chi connectivity index (χ2n) is 4.63. The largest absolute Gasteiger partial charge is 0.305 e. The van der Waals surface area contributed by atoms with Gasteiger partial charge in [0.05, 0.1) is 10.8 Å². The number of likely N-dealkylation sites (N-methyl/N-ethyl adjacent to an activating group) is 1. The molecule has 0 N–H and O–H groups in total. The van der Waals surface area contributed by atoms with Crippen molar-refractivity contribution in [2.45, 2.75) is 18.2 Å². The highest BCUT2D eigenvalue weighted by Gasteiger charge is 2.08. The van der Waals surface area contributed by atoms with E-state index in [0.29, 0.717) is 11.7 Å². The molecule has 2 rings (SSSR count). The first-order chi connectivity index (χ1) is 9.56. The highest BCUT2D eigenvalue weighted by molar-refractivity contribution is 7.84. The van der Waals surface area contributed by atoms with Crippen molar-refractivity contribution < 1.29 is 8.60 Å². The zero-order valence-electron chi connectivity index (χ0n) is 11.5. The number of aromatic nitrogens is 3. The van der Waals surface area contributed by atoms with E-state index in [-0.39, 0.29) is 5.82 Å². The van der Waals surface area contributed by atoms with Gasteiger partial charge in [0.15, 0.2) is 0 Å². The zero-order chi connectivity index (χ0) is 14.5. The lowest BCUT2D eigenvalue weighted by Gasteiger charge is -2.17. The van der Waals surface area contributed by atoms with Crippen molar-refractivity contribution in [3.63, 3.8) is 0 Å². The molecule has 1 unspecified atom stereocenters. The van der Waals surface area contributed by atoms with Crippen molar-refractivity contribution in [3.8, 4) is 0 Å². The highest BCUT2D eigenvalue weighted by atomic mass is 32.2. The van der Waals surface area contributed by atoms with Crippen LogP contribution in [-0.2, 0) is 23.9 Å². The van der Waals surface area contributed by atoms with Crippen LogP contribution in [0, 0.1) is 5.82 Å². The van der Waals surface area contributed by atoms with Crippen molar-refractivity contribution >= 4 is 10.8 Å². The van der Waals surface area contributed by atoms with E-state index in [4.69, 9.17) is 0 Å². The summed E-state index contributed by atoms with van der Waals surface area (Å²) in [6.45, 7) is 2.16. The van der Waals surface area contributed by atoms with E-state index in [1.807, 2.05) is 7.05 Å². The lowest BCUT2D eigenvalue weighted by atomic mass is 10.2. The molecule has 0 aliphatic heterocycles. The second kappa shape index (κ2) is 6.71. The number of rotatable bonds is 6. The summed E-state index contributed by atoms with van der Waals surface area (Å²) < 4.78 is 26.0. The van der Waals surface area contributed by atoms with E-state index in [2.05, 4.69) is 15.1 Å². The number of halogens is 1. The molecule has 20 heavy (non-hydrogen) atoms. The molecular weight excluding hydrogens is 279 g/mol. The quantitative estimate of drug-likeness (QED) is 0.806. The van der Waals surface area contributed by atoms with Crippen LogP contribution in [-0.4, -0.2) is 43.7 Å². The molecule has 0 fully saturated rings. The molecule has 108 valence electrons. The van der Waals surface area contributed by atoms with Crippen LogP contribution in [0.25, 0.3) is 0 Å². The van der Waals surface area contributed by atoms with Crippen LogP contribution in [0.15, 0.2) is 35.7 Å². The maximum absolute atomic E-state index is 12.8. The van der Waals surface area contributed by atoms with Crippen LogP contribution in [0.2, 0.25) is 0 Å². The number of nitrogens with zero attached hydrogens (tertiary/aromatic N) is 4. The van der Waals surface area contributed by atoms with E-state index < -0.39 is 10.8 Å². The fourth-order valence-corrected chi connectivity index (χ4v) is 2.51. The van der Waals surface area contributed by atoms with Crippen molar-refractivity contribution in [1.29, 1.82) is 0 Å². The first kappa shape index (κ1) is 14.8. The summed E-state index contributed by atoms with van der Waals surface area (Å²) in [6, 6.07) is 6.47. The molecule has 1 aromatic carbocycles. The maximum atomic E-state index is 12.8. The molecule has 0 saturated carbocycles. The van der Waals surface area contributed by atoms with E-state index >= 15 is 0 Å². The summed E-state index contributed by atoms with van der Waals surface area (Å²) in [6.07, 6.45) is 3.17. The first-order valence-electron chi connectivity index (χ1n) is 6.20. The lowest BCUT2D eigenvalue weighted by Crippen LogP contribution is -2.23. The molecule has 0 saturated heterocycles. The minimum atomic E-state index is -1.14. The zero-order valence-corrected chi connectivity index (χ0v) is 12.3. The SMILES string of the molecule is CN(CCn1cnnc1S(C)=O)Cc1ccc(F)cc1. The number of hydrogen-bond donors (Lipinski definition) is 0. The third-order valence-corrected chi connectivity index (χ3v) is 3.76. The summed E-state index contributed by atoms with van der Waals surface area (Å²) >= 11 is 0. The molecule has 1 aromatic heterocycles. The van der Waals surface area contributed by atoms with Crippen molar-refractivity contribution in [2.75, 3.05) is 19.8 Å². The fourth-order valence-electron chi connectivity index (χ4n) is 1.88. The van der Waals surface area contributed by atoms with E-state index in [1.165, 1.54) is 12.1 Å². The minimum Gasteiger partial charge on any atom is -0.305 e. The summed E-state index contributed by atoms with van der Waals surface area (Å²) in [5.74, 6) is -0.226. The van der Waals surface area contributed by atoms with Gasteiger partial charge in [0.2, 0.25) is 5.16 Å². The van der Waals surface area contributed by atoms with Gasteiger partial charge in [0, 0.05) is 25.9 Å². The molecule has 7 heteroatoms. The maximum Gasteiger partial charge on any atom is 0.221 e. The number of benzene rings is 1. The van der Waals surface area contributed by atoms with Crippen LogP contribution in [0.1, 0.15) is 5.56 Å². The van der Waals surface area contributed by atoms with Gasteiger partial charge in [-0.1, -0.05) is 12.1 Å². The Morgan fingerprint density at radius 3 is 2.70 bits per heavy atom. The van der Waals surface area contributed by atoms with Gasteiger partial charge < -0.3 is 9.47 Å². The Morgan fingerprint density at radius 1 is 1.35 bits per heavy atom. The smallest absolute Gasteiger partial charge is 0.221 e. The average Bonchev–Trinajstić information content (AvgIpc) is 2.88. The summed E-state index contributed by atoms with van der Waals surface area (Å²) in [7, 11) is 0.847. The van der Waals surface area contributed by atoms with Crippen molar-refractivity contribution in [1.82, 2.24) is 19.7 Å². The minimum absolute atomic E-state index is 0.226. The van der Waals surface area contributed by atoms with E-state index in [0.717, 1.165) is 18.7 Å². The molecule has 0 amide bonds. The predicted molar refractivity (Wildman–Crippen MR) is 75.1 cm³/mol. The Morgan fingerprint density at radius 2 is 2.05 bits per heavy atom. The van der Waals surface area contributed by atoms with Gasteiger partial charge in [-0.05, 0) is 24.7 Å². The normalized spacial score (nSPS) is 12.8. The van der Waals surface area contributed by atoms with Crippen LogP contribution >= 0.6 is 0 Å². The monoisotopic (exact) mass is 296 g/mol. The Bertz CT molecular complexity index is 584. The third-order valence-electron chi connectivity index (χ3n) is 2.93. The van der Waals surface area contributed by atoms with Crippen LogP contribution in [0.3, 0.4) is 0 Å². The van der Waals surface area contributed by atoms with Gasteiger partial charge in [-0.3, -0.25) is 4.21 Å². The third kappa shape index (κ3) is 3.94. The molecule has 1 heterocycles. The van der Waals surface area contributed by atoms with E-state index in [1.54, 1.807) is 29.3 Å². The topological polar surface area (TPSA) is 51.0 Å². The number of hydrogen-bond acceptors (Lipinski definition) is 4. The molecule has 0 bridgehead atoms. The lowest BCUT2D eigenvalue weighted by molar-refractivity contribution is 0.307. The van der Waals surface area contributed by atoms with Crippen molar-refractivity contribution in [3.05, 3.63) is 42.0 Å². The first-order valence-corrected chi connectivity index (χ1v) is 7.76. The molecule has 2 aromatic rings. The fraction of sp³-hybridized carbons (Fsp3) is 0.385. The molecule has 0 radical (unpaired) electrons. The van der Waals surface area contributed by atoms with Crippen molar-refractivity contribution in [2.24, 2.45) is 0 Å². The van der Waals surface area contributed by atoms with Gasteiger partial charge in [0.25, 0.3) is 0 Å². The second-order valence-corrected chi connectivity index (χ2v) is 5.90. The summed E-state index contributed by atoms with van der Waals surface area (Å²) in [5, 5.41) is 8.10. The summed E-state index contributed by atoms with van der Waals surface area (Å²) in [5.41, 5.74) is 1.05. The highest BCUT2D eigenvalue weighted by Crippen LogP contribution is 2.06. The summed E-state index contributed by atoms with van der Waals surface area (Å²) in [4.78, 5) is 2.11. The predicted octanol–water partition coefficient (Wildman–Crippen LogP) is 1.29. The van der Waals surface area contributed by atoms with Gasteiger partial charge in [-0.2, -0.15) is 0 Å². The average molecular weight is 296 g/mol. The Kier molecular flexibility index (Phi) is 4.97. The molecule has 0 aliphatic rings. The van der Waals surface area contributed by atoms with Gasteiger partial charge in [-0.25, -0.2) is 4.39 Å². The van der Waals surface area contributed by atoms with Gasteiger partial charge >= 0.3 is 0 Å². The van der Waals surface area contributed by atoms with Crippen LogP contribution in [0.5, 0.6) is 0 Å². The van der Waals surface area contributed by atoms with Gasteiger partial charge in [0.1, 0.15) is 12.1 Å². The standard InChI is InChI=1S/C13H17FN4OS/c1-17(9-11-3-5-12(14)6-4-11)7-8-18-10-15-16-13(18)20(2)19/h3-6,10H,7-9H2,1-2H3. The van der Waals surface area contributed by atoms with E-state index in [9.17, 15) is 8.60 Å². The Labute approximate surface area is 119 Å². The molecule has 1 atom stereocenters. The Hall–Kier alpha value is -1.60. The molecule has 5 nitrogen and oxygen atoms in total. The Balaban J connectivity index is 1.89. The molecular formula is C13H17FN4OS. The molecule has 0 spiro atoms. The molecule has 0 aliphatic carbocycles.